The molecule has 0 bridgehead atoms. The number of fused-ring (bicyclic) bond motifs is 1. The van der Waals surface area contributed by atoms with Crippen molar-refractivity contribution in [3.05, 3.63) is 59.4 Å². The standard InChI is InChI=1S/C15H12F3NO2S2/c16-9-1-3-14-11(7-9)13(5-6-22-14)19-23(20,21)15-4-2-10(17)8-12(15)18/h1-4,7-8,13,19H,5-6H2. The predicted molar refractivity (Wildman–Crippen MR) is 81.2 cm³/mol. The van der Waals surface area contributed by atoms with Gasteiger partial charge >= 0.3 is 0 Å². The van der Waals surface area contributed by atoms with Crippen molar-refractivity contribution in [2.75, 3.05) is 5.75 Å². The highest BCUT2D eigenvalue weighted by Gasteiger charge is 2.28. The molecule has 0 spiro atoms. The number of nitrogens with one attached hydrogen (secondary N) is 1. The smallest absolute Gasteiger partial charge is 0.207 e. The first-order valence-electron chi connectivity index (χ1n) is 6.76. The van der Waals surface area contributed by atoms with E-state index >= 15 is 0 Å². The Labute approximate surface area is 136 Å². The molecule has 122 valence electrons. The van der Waals surface area contributed by atoms with Gasteiger partial charge in [0.2, 0.25) is 10.0 Å². The van der Waals surface area contributed by atoms with Crippen molar-refractivity contribution in [1.82, 2.24) is 4.72 Å². The molecule has 1 aliphatic rings. The van der Waals surface area contributed by atoms with Crippen LogP contribution in [0.5, 0.6) is 0 Å². The fourth-order valence-corrected chi connectivity index (χ4v) is 4.85. The molecule has 3 nitrogen and oxygen atoms in total. The molecule has 1 N–H and O–H groups in total. The van der Waals surface area contributed by atoms with Crippen LogP contribution in [0.2, 0.25) is 0 Å². The summed E-state index contributed by atoms with van der Waals surface area (Å²) in [5.41, 5.74) is 0.521. The van der Waals surface area contributed by atoms with Crippen molar-refractivity contribution < 1.29 is 21.6 Å². The second-order valence-corrected chi connectivity index (χ2v) is 7.89. The first-order chi connectivity index (χ1) is 10.9. The van der Waals surface area contributed by atoms with Crippen LogP contribution in [0.25, 0.3) is 0 Å². The number of rotatable bonds is 3. The van der Waals surface area contributed by atoms with Crippen LogP contribution in [0.15, 0.2) is 46.2 Å². The van der Waals surface area contributed by atoms with E-state index < -0.39 is 38.4 Å². The minimum atomic E-state index is -4.19. The summed E-state index contributed by atoms with van der Waals surface area (Å²) in [5, 5.41) is 0. The number of sulfonamides is 1. The third-order valence-electron chi connectivity index (χ3n) is 3.49. The molecule has 1 aliphatic heterocycles. The monoisotopic (exact) mass is 359 g/mol. The molecule has 3 rings (SSSR count). The van der Waals surface area contributed by atoms with Crippen LogP contribution in [-0.2, 0) is 10.0 Å². The van der Waals surface area contributed by atoms with Gasteiger partial charge in [-0.1, -0.05) is 0 Å². The topological polar surface area (TPSA) is 46.2 Å². The number of hydrogen-bond acceptors (Lipinski definition) is 3. The maximum Gasteiger partial charge on any atom is 0.244 e. The Hall–Kier alpha value is -1.51. The molecule has 0 saturated carbocycles. The van der Waals surface area contributed by atoms with Gasteiger partial charge in [-0.15, -0.1) is 11.8 Å². The molecule has 0 aromatic heterocycles. The van der Waals surface area contributed by atoms with Gasteiger partial charge in [-0.2, -0.15) is 0 Å². The van der Waals surface area contributed by atoms with E-state index in [9.17, 15) is 21.6 Å². The van der Waals surface area contributed by atoms with E-state index in [-0.39, 0.29) is 0 Å². The lowest BCUT2D eigenvalue weighted by atomic mass is 10.0. The van der Waals surface area contributed by atoms with E-state index in [4.69, 9.17) is 0 Å². The molecule has 1 unspecified atom stereocenters. The van der Waals surface area contributed by atoms with Crippen LogP contribution in [0.3, 0.4) is 0 Å². The quantitative estimate of drug-likeness (QED) is 0.911. The van der Waals surface area contributed by atoms with Gasteiger partial charge < -0.3 is 0 Å². The summed E-state index contributed by atoms with van der Waals surface area (Å²) in [7, 11) is -4.19. The van der Waals surface area contributed by atoms with Crippen molar-refractivity contribution in [3.8, 4) is 0 Å². The van der Waals surface area contributed by atoms with E-state index in [1.165, 1.54) is 23.9 Å². The summed E-state index contributed by atoms with van der Waals surface area (Å²) in [6.07, 6.45) is 0.448. The van der Waals surface area contributed by atoms with E-state index in [2.05, 4.69) is 4.72 Å². The molecule has 1 heterocycles. The summed E-state index contributed by atoms with van der Waals surface area (Å²) in [6.45, 7) is 0. The third-order valence-corrected chi connectivity index (χ3v) is 6.12. The van der Waals surface area contributed by atoms with E-state index in [0.29, 0.717) is 23.8 Å². The molecule has 0 radical (unpaired) electrons. The van der Waals surface area contributed by atoms with E-state index in [1.807, 2.05) is 0 Å². The normalized spacial score (nSPS) is 17.8. The fourth-order valence-electron chi connectivity index (χ4n) is 2.43. The average Bonchev–Trinajstić information content (AvgIpc) is 2.47. The number of halogens is 3. The van der Waals surface area contributed by atoms with Gasteiger partial charge in [0.1, 0.15) is 22.3 Å². The lowest BCUT2D eigenvalue weighted by Crippen LogP contribution is -2.31. The Morgan fingerprint density at radius 3 is 2.48 bits per heavy atom. The fraction of sp³-hybridized carbons (Fsp3) is 0.200. The molecule has 2 aromatic rings. The van der Waals surface area contributed by atoms with Crippen LogP contribution >= 0.6 is 11.8 Å². The zero-order valence-corrected chi connectivity index (χ0v) is 13.4. The molecule has 0 fully saturated rings. The molecule has 0 aliphatic carbocycles. The minimum absolute atomic E-state index is 0.448. The molecular formula is C15H12F3NO2S2. The Morgan fingerprint density at radius 2 is 1.74 bits per heavy atom. The van der Waals surface area contributed by atoms with Crippen molar-refractivity contribution in [3.63, 3.8) is 0 Å². The summed E-state index contributed by atoms with van der Waals surface area (Å²) >= 11 is 1.50. The van der Waals surface area contributed by atoms with Crippen molar-refractivity contribution in [1.29, 1.82) is 0 Å². The van der Waals surface area contributed by atoms with Gasteiger partial charge in [0, 0.05) is 17.0 Å². The van der Waals surface area contributed by atoms with Gasteiger partial charge in [-0.3, -0.25) is 0 Å². The Bertz CT molecular complexity index is 856. The van der Waals surface area contributed by atoms with Crippen molar-refractivity contribution in [2.45, 2.75) is 22.3 Å². The Balaban J connectivity index is 1.95. The molecule has 1 atom stereocenters. The second-order valence-electron chi connectivity index (χ2n) is 5.07. The molecule has 0 saturated heterocycles. The maximum absolute atomic E-state index is 13.7. The lowest BCUT2D eigenvalue weighted by Gasteiger charge is -2.25. The predicted octanol–water partition coefficient (Wildman–Crippen LogP) is 3.62. The highest BCUT2D eigenvalue weighted by atomic mass is 32.2. The van der Waals surface area contributed by atoms with Crippen molar-refractivity contribution >= 4 is 21.8 Å². The minimum Gasteiger partial charge on any atom is -0.207 e. The number of benzene rings is 2. The molecule has 8 heteroatoms. The Kier molecular flexibility index (Phi) is 4.39. The van der Waals surface area contributed by atoms with Gasteiger partial charge in [-0.25, -0.2) is 26.3 Å². The van der Waals surface area contributed by atoms with Crippen LogP contribution in [0, 0.1) is 17.5 Å². The second kappa shape index (κ2) is 6.18. The molecule has 0 amide bonds. The number of hydrogen-bond donors (Lipinski definition) is 1. The molecule has 2 aromatic carbocycles. The highest BCUT2D eigenvalue weighted by molar-refractivity contribution is 7.99. The summed E-state index contributed by atoms with van der Waals surface area (Å²) in [4.78, 5) is 0.153. The summed E-state index contributed by atoms with van der Waals surface area (Å²) in [5.74, 6) is -1.84. The summed E-state index contributed by atoms with van der Waals surface area (Å²) < 4.78 is 67.2. The molecule has 23 heavy (non-hydrogen) atoms. The Morgan fingerprint density at radius 1 is 1.04 bits per heavy atom. The van der Waals surface area contributed by atoms with Gasteiger partial charge in [0.15, 0.2) is 0 Å². The van der Waals surface area contributed by atoms with Gasteiger partial charge in [-0.05, 0) is 48.1 Å². The largest absolute Gasteiger partial charge is 0.244 e. The first kappa shape index (κ1) is 16.4. The van der Waals surface area contributed by atoms with E-state index in [0.717, 1.165) is 17.0 Å². The van der Waals surface area contributed by atoms with Gasteiger partial charge in [0.05, 0.1) is 0 Å². The van der Waals surface area contributed by atoms with Crippen LogP contribution < -0.4 is 4.72 Å². The third kappa shape index (κ3) is 3.39. The first-order valence-corrected chi connectivity index (χ1v) is 9.23. The van der Waals surface area contributed by atoms with Crippen LogP contribution in [-0.4, -0.2) is 14.2 Å². The van der Waals surface area contributed by atoms with E-state index in [1.54, 1.807) is 6.07 Å². The van der Waals surface area contributed by atoms with Crippen LogP contribution in [0.4, 0.5) is 13.2 Å². The van der Waals surface area contributed by atoms with Crippen molar-refractivity contribution in [2.24, 2.45) is 0 Å². The average molecular weight is 359 g/mol. The van der Waals surface area contributed by atoms with Gasteiger partial charge in [0.25, 0.3) is 0 Å². The zero-order valence-electron chi connectivity index (χ0n) is 11.7. The SMILES string of the molecule is O=S(=O)(NC1CCSc2ccc(F)cc21)c1ccc(F)cc1F. The lowest BCUT2D eigenvalue weighted by molar-refractivity contribution is 0.523. The maximum atomic E-state index is 13.7. The number of thioether (sulfide) groups is 1. The van der Waals surface area contributed by atoms with Crippen LogP contribution in [0.1, 0.15) is 18.0 Å². The summed E-state index contributed by atoms with van der Waals surface area (Å²) in [6, 6.07) is 5.78. The molecular weight excluding hydrogens is 347 g/mol. The highest BCUT2D eigenvalue weighted by Crippen LogP contribution is 2.37. The zero-order chi connectivity index (χ0) is 16.6.